The van der Waals surface area contributed by atoms with Crippen molar-refractivity contribution in [3.8, 4) is 11.3 Å². The van der Waals surface area contributed by atoms with Crippen molar-refractivity contribution in [3.05, 3.63) is 42.9 Å². The number of benzene rings is 1. The summed E-state index contributed by atoms with van der Waals surface area (Å²) in [7, 11) is 0. The largest absolute Gasteiger partial charge is 0.478 e. The number of nitrogens with two attached hydrogens (primary N) is 1. The second kappa shape index (κ2) is 6.07. The summed E-state index contributed by atoms with van der Waals surface area (Å²) < 4.78 is 0. The number of hydrogen-bond acceptors (Lipinski definition) is 3. The minimum absolute atomic E-state index is 0.00922. The van der Waals surface area contributed by atoms with E-state index in [1.165, 1.54) is 12.3 Å². The van der Waals surface area contributed by atoms with E-state index in [-0.39, 0.29) is 47.6 Å². The molecular formula is C12H5Cl5N2O2. The molecular weight excluding hydrogens is 381 g/mol. The minimum Gasteiger partial charge on any atom is -0.478 e. The third kappa shape index (κ3) is 2.74. The lowest BCUT2D eigenvalue weighted by Crippen LogP contribution is -2.05. The Hall–Kier alpha value is -0.910. The maximum Gasteiger partial charge on any atom is 0.337 e. The van der Waals surface area contributed by atoms with E-state index in [2.05, 4.69) is 4.98 Å². The highest BCUT2D eigenvalue weighted by molar-refractivity contribution is 6.56. The zero-order chi connectivity index (χ0) is 15.9. The first-order chi connectivity index (χ1) is 9.77. The molecule has 2 aromatic rings. The van der Waals surface area contributed by atoms with Crippen molar-refractivity contribution in [1.82, 2.24) is 4.98 Å². The van der Waals surface area contributed by atoms with Gasteiger partial charge in [-0.2, -0.15) is 0 Å². The van der Waals surface area contributed by atoms with Crippen LogP contribution in [0.25, 0.3) is 11.3 Å². The SMILES string of the molecule is Nc1c(C(=O)O)ccnc1-c1c(Cl)c(Cl)c(Cl)c(Cl)c1Cl. The van der Waals surface area contributed by atoms with Crippen molar-refractivity contribution in [2.24, 2.45) is 0 Å². The van der Waals surface area contributed by atoms with Crippen molar-refractivity contribution in [1.29, 1.82) is 0 Å². The first-order valence-corrected chi connectivity index (χ1v) is 7.15. The highest BCUT2D eigenvalue weighted by Crippen LogP contribution is 2.48. The molecule has 9 heteroatoms. The molecule has 0 saturated carbocycles. The molecule has 0 atom stereocenters. The number of aromatic nitrogens is 1. The fourth-order valence-corrected chi connectivity index (χ4v) is 2.99. The van der Waals surface area contributed by atoms with Crippen LogP contribution in [0, 0.1) is 0 Å². The van der Waals surface area contributed by atoms with Crippen molar-refractivity contribution < 1.29 is 9.90 Å². The highest BCUT2D eigenvalue weighted by Gasteiger charge is 2.24. The van der Waals surface area contributed by atoms with Crippen molar-refractivity contribution >= 4 is 69.7 Å². The van der Waals surface area contributed by atoms with Crippen LogP contribution in [-0.4, -0.2) is 16.1 Å². The van der Waals surface area contributed by atoms with Crippen LogP contribution in [0.4, 0.5) is 5.69 Å². The molecule has 0 amide bonds. The Balaban J connectivity index is 2.86. The van der Waals surface area contributed by atoms with Gasteiger partial charge in [0, 0.05) is 11.8 Å². The summed E-state index contributed by atoms with van der Waals surface area (Å²) in [5.74, 6) is -1.21. The van der Waals surface area contributed by atoms with Crippen LogP contribution < -0.4 is 5.73 Å². The summed E-state index contributed by atoms with van der Waals surface area (Å²) in [5.41, 5.74) is 5.74. The molecule has 1 aromatic heterocycles. The maximum atomic E-state index is 11.1. The monoisotopic (exact) mass is 384 g/mol. The number of nitrogen functional groups attached to an aromatic ring is 1. The third-order valence-corrected chi connectivity index (χ3v) is 4.94. The molecule has 110 valence electrons. The molecule has 0 unspecified atom stereocenters. The maximum absolute atomic E-state index is 11.1. The van der Waals surface area contributed by atoms with E-state index in [1.54, 1.807) is 0 Å². The van der Waals surface area contributed by atoms with E-state index in [1.807, 2.05) is 0 Å². The quantitative estimate of drug-likeness (QED) is 0.543. The van der Waals surface area contributed by atoms with Crippen molar-refractivity contribution in [2.75, 3.05) is 5.73 Å². The van der Waals surface area contributed by atoms with Crippen LogP contribution in [-0.2, 0) is 0 Å². The fourth-order valence-electron chi connectivity index (χ4n) is 1.67. The molecule has 0 aliphatic carbocycles. The Morgan fingerprint density at radius 3 is 1.95 bits per heavy atom. The Morgan fingerprint density at radius 1 is 1.00 bits per heavy atom. The average molecular weight is 386 g/mol. The van der Waals surface area contributed by atoms with Gasteiger partial charge in [0.05, 0.1) is 42.1 Å². The van der Waals surface area contributed by atoms with E-state index in [0.29, 0.717) is 0 Å². The van der Waals surface area contributed by atoms with Crippen LogP contribution in [0.15, 0.2) is 12.3 Å². The molecule has 0 aliphatic heterocycles. The zero-order valence-corrected chi connectivity index (χ0v) is 13.7. The van der Waals surface area contributed by atoms with Gasteiger partial charge in [-0.1, -0.05) is 58.0 Å². The van der Waals surface area contributed by atoms with E-state index in [0.717, 1.165) is 0 Å². The molecule has 0 bridgehead atoms. The minimum atomic E-state index is -1.21. The summed E-state index contributed by atoms with van der Waals surface area (Å²) in [4.78, 5) is 15.1. The summed E-state index contributed by atoms with van der Waals surface area (Å²) in [6.07, 6.45) is 1.26. The topological polar surface area (TPSA) is 76.2 Å². The normalized spacial score (nSPS) is 10.7. The Morgan fingerprint density at radius 2 is 1.48 bits per heavy atom. The molecule has 0 radical (unpaired) electrons. The molecule has 0 fully saturated rings. The van der Waals surface area contributed by atoms with Gasteiger partial charge < -0.3 is 10.8 Å². The van der Waals surface area contributed by atoms with E-state index in [9.17, 15) is 4.79 Å². The predicted molar refractivity (Wildman–Crippen MR) is 86.1 cm³/mol. The van der Waals surface area contributed by atoms with Crippen LogP contribution in [0.1, 0.15) is 10.4 Å². The van der Waals surface area contributed by atoms with Crippen LogP contribution in [0.5, 0.6) is 0 Å². The molecule has 1 aromatic carbocycles. The summed E-state index contributed by atoms with van der Waals surface area (Å²) in [6, 6.07) is 1.25. The van der Waals surface area contributed by atoms with Gasteiger partial charge in [0.25, 0.3) is 0 Å². The number of carboxylic acids is 1. The summed E-state index contributed by atoms with van der Waals surface area (Å²) in [6.45, 7) is 0. The molecule has 2 rings (SSSR count). The average Bonchev–Trinajstić information content (AvgIpc) is 2.44. The lowest BCUT2D eigenvalue weighted by Gasteiger charge is -2.14. The van der Waals surface area contributed by atoms with Gasteiger partial charge in [0.15, 0.2) is 0 Å². The Bertz CT molecular complexity index is 735. The molecule has 0 saturated heterocycles. The number of pyridine rings is 1. The molecule has 0 spiro atoms. The zero-order valence-electron chi connectivity index (χ0n) is 9.92. The number of hydrogen-bond donors (Lipinski definition) is 2. The van der Waals surface area contributed by atoms with Gasteiger partial charge in [-0.25, -0.2) is 4.79 Å². The van der Waals surface area contributed by atoms with E-state index in [4.69, 9.17) is 68.8 Å². The van der Waals surface area contributed by atoms with Gasteiger partial charge in [0.2, 0.25) is 0 Å². The highest BCUT2D eigenvalue weighted by atomic mass is 35.5. The van der Waals surface area contributed by atoms with Crippen molar-refractivity contribution in [3.63, 3.8) is 0 Å². The third-order valence-electron chi connectivity index (χ3n) is 2.67. The fraction of sp³-hybridized carbons (Fsp3) is 0. The number of carbonyl (C=O) groups is 1. The molecule has 3 N–H and O–H groups in total. The first-order valence-electron chi connectivity index (χ1n) is 5.27. The smallest absolute Gasteiger partial charge is 0.337 e. The van der Waals surface area contributed by atoms with Gasteiger partial charge in [-0.05, 0) is 6.07 Å². The number of halogens is 5. The lowest BCUT2D eigenvalue weighted by molar-refractivity contribution is 0.0698. The van der Waals surface area contributed by atoms with Crippen LogP contribution in [0.3, 0.4) is 0 Å². The Labute approximate surface area is 144 Å². The van der Waals surface area contributed by atoms with E-state index >= 15 is 0 Å². The Kier molecular flexibility index (Phi) is 4.76. The van der Waals surface area contributed by atoms with Crippen LogP contribution in [0.2, 0.25) is 25.1 Å². The molecule has 21 heavy (non-hydrogen) atoms. The van der Waals surface area contributed by atoms with Crippen molar-refractivity contribution in [2.45, 2.75) is 0 Å². The first kappa shape index (κ1) is 16.5. The predicted octanol–water partition coefficient (Wildman–Crippen LogP) is 5.30. The number of aromatic carboxylic acids is 1. The standard InChI is InChI=1S/C12H5Cl5N2O2/c13-5-4(6(14)8(16)9(17)7(5)15)11-10(18)3(12(20)21)1-2-19-11/h1-2H,18H2,(H,20,21). The summed E-state index contributed by atoms with van der Waals surface area (Å²) >= 11 is 30.1. The lowest BCUT2D eigenvalue weighted by atomic mass is 10.1. The second-order valence-electron chi connectivity index (χ2n) is 3.87. The number of rotatable bonds is 2. The van der Waals surface area contributed by atoms with E-state index < -0.39 is 5.97 Å². The molecule has 1 heterocycles. The molecule has 0 aliphatic rings. The van der Waals surface area contributed by atoms with Gasteiger partial charge in [-0.15, -0.1) is 0 Å². The molecule has 4 nitrogen and oxygen atoms in total. The number of carboxylic acid groups (broad SMARTS) is 1. The van der Waals surface area contributed by atoms with Gasteiger partial charge in [-0.3, -0.25) is 4.98 Å². The second-order valence-corrected chi connectivity index (χ2v) is 5.76. The van der Waals surface area contributed by atoms with Gasteiger partial charge in [0.1, 0.15) is 0 Å². The number of anilines is 1. The summed E-state index contributed by atoms with van der Waals surface area (Å²) in [5, 5.41) is 8.99. The number of nitrogens with zero attached hydrogens (tertiary/aromatic N) is 1. The van der Waals surface area contributed by atoms with Gasteiger partial charge >= 0.3 is 5.97 Å². The van der Waals surface area contributed by atoms with Crippen LogP contribution >= 0.6 is 58.0 Å².